The largest absolute Gasteiger partial charge is 0.481 e. The highest BCUT2D eigenvalue weighted by molar-refractivity contribution is 5.80. The van der Waals surface area contributed by atoms with Crippen molar-refractivity contribution in [2.75, 3.05) is 0 Å². The number of rotatable bonds is 5. The van der Waals surface area contributed by atoms with Gasteiger partial charge in [0.2, 0.25) is 5.91 Å². The number of carbonyl (C=O) groups excluding carboxylic acids is 1. The van der Waals surface area contributed by atoms with E-state index in [-0.39, 0.29) is 18.7 Å². The van der Waals surface area contributed by atoms with E-state index in [1.54, 1.807) is 18.2 Å². The summed E-state index contributed by atoms with van der Waals surface area (Å²) in [6, 6.07) is 6.09. The third kappa shape index (κ3) is 3.30. The van der Waals surface area contributed by atoms with Crippen LogP contribution in [0.15, 0.2) is 24.3 Å². The number of halogens is 1. The van der Waals surface area contributed by atoms with Crippen molar-refractivity contribution in [3.05, 3.63) is 35.6 Å². The molecule has 0 spiro atoms. The van der Waals surface area contributed by atoms with E-state index in [0.29, 0.717) is 18.4 Å². The van der Waals surface area contributed by atoms with Gasteiger partial charge in [0.25, 0.3) is 0 Å². The minimum atomic E-state index is -0.925. The SMILES string of the molecule is O=C(O)CC1(NC(=O)Cc2ccccc2F)CCC1. The van der Waals surface area contributed by atoms with Gasteiger partial charge >= 0.3 is 5.97 Å². The summed E-state index contributed by atoms with van der Waals surface area (Å²) in [6.45, 7) is 0. The lowest BCUT2D eigenvalue weighted by Crippen LogP contribution is -2.55. The summed E-state index contributed by atoms with van der Waals surface area (Å²) in [6.07, 6.45) is 2.11. The van der Waals surface area contributed by atoms with Crippen molar-refractivity contribution in [2.24, 2.45) is 0 Å². The number of hydrogen-bond acceptors (Lipinski definition) is 2. The molecule has 0 unspecified atom stereocenters. The highest BCUT2D eigenvalue weighted by Crippen LogP contribution is 2.35. The summed E-state index contributed by atoms with van der Waals surface area (Å²) in [5.41, 5.74) is -0.307. The van der Waals surface area contributed by atoms with Gasteiger partial charge in [-0.1, -0.05) is 18.2 Å². The second kappa shape index (κ2) is 5.38. The Kier molecular flexibility index (Phi) is 3.83. The first-order valence-electron chi connectivity index (χ1n) is 6.27. The smallest absolute Gasteiger partial charge is 0.305 e. The van der Waals surface area contributed by atoms with Gasteiger partial charge in [0.15, 0.2) is 0 Å². The lowest BCUT2D eigenvalue weighted by Gasteiger charge is -2.41. The quantitative estimate of drug-likeness (QED) is 0.854. The van der Waals surface area contributed by atoms with Gasteiger partial charge in [0, 0.05) is 0 Å². The minimum absolute atomic E-state index is 0.0615. The van der Waals surface area contributed by atoms with Crippen molar-refractivity contribution < 1.29 is 19.1 Å². The first-order valence-corrected chi connectivity index (χ1v) is 6.27. The summed E-state index contributed by atoms with van der Waals surface area (Å²) in [7, 11) is 0. The van der Waals surface area contributed by atoms with E-state index in [1.807, 2.05) is 0 Å². The van der Waals surface area contributed by atoms with E-state index in [0.717, 1.165) is 6.42 Å². The molecule has 0 saturated heterocycles. The van der Waals surface area contributed by atoms with Crippen LogP contribution in [0.2, 0.25) is 0 Å². The standard InChI is InChI=1S/C14H16FNO3/c15-11-5-2-1-4-10(11)8-12(17)16-14(6-3-7-14)9-13(18)19/h1-2,4-5H,3,6-9H2,(H,16,17)(H,18,19). The lowest BCUT2D eigenvalue weighted by atomic mass is 9.74. The molecule has 1 aromatic carbocycles. The second-order valence-electron chi connectivity index (χ2n) is 5.02. The van der Waals surface area contributed by atoms with Crippen LogP contribution in [-0.4, -0.2) is 22.5 Å². The molecule has 1 aliphatic carbocycles. The molecule has 5 heteroatoms. The van der Waals surface area contributed by atoms with E-state index in [9.17, 15) is 14.0 Å². The molecule has 4 nitrogen and oxygen atoms in total. The van der Waals surface area contributed by atoms with E-state index < -0.39 is 17.3 Å². The number of carboxylic acid groups (broad SMARTS) is 1. The molecule has 0 aromatic heterocycles. The number of nitrogens with one attached hydrogen (secondary N) is 1. The molecule has 0 aliphatic heterocycles. The number of carboxylic acids is 1. The number of benzene rings is 1. The van der Waals surface area contributed by atoms with Crippen LogP contribution in [0.25, 0.3) is 0 Å². The molecule has 2 N–H and O–H groups in total. The molecule has 19 heavy (non-hydrogen) atoms. The van der Waals surface area contributed by atoms with Crippen LogP contribution < -0.4 is 5.32 Å². The van der Waals surface area contributed by atoms with Crippen molar-refractivity contribution in [2.45, 2.75) is 37.6 Å². The number of carbonyl (C=O) groups is 2. The fourth-order valence-corrected chi connectivity index (χ4v) is 2.39. The Morgan fingerprint density at radius 3 is 2.53 bits per heavy atom. The Bertz CT molecular complexity index is 497. The van der Waals surface area contributed by atoms with E-state index >= 15 is 0 Å². The van der Waals surface area contributed by atoms with Crippen molar-refractivity contribution in [1.29, 1.82) is 0 Å². The summed E-state index contributed by atoms with van der Waals surface area (Å²) < 4.78 is 13.4. The molecular formula is C14H16FNO3. The number of hydrogen-bond donors (Lipinski definition) is 2. The van der Waals surface area contributed by atoms with Crippen LogP contribution in [0, 0.1) is 5.82 Å². The van der Waals surface area contributed by atoms with Crippen LogP contribution in [0.5, 0.6) is 0 Å². The summed E-state index contributed by atoms with van der Waals surface area (Å²) >= 11 is 0. The number of aliphatic carboxylic acids is 1. The zero-order chi connectivity index (χ0) is 13.9. The molecule has 1 fully saturated rings. The maximum absolute atomic E-state index is 13.4. The van der Waals surface area contributed by atoms with Gasteiger partial charge in [0.05, 0.1) is 18.4 Å². The van der Waals surface area contributed by atoms with Gasteiger partial charge in [-0.3, -0.25) is 9.59 Å². The van der Waals surface area contributed by atoms with Gasteiger partial charge in [0.1, 0.15) is 5.82 Å². The zero-order valence-electron chi connectivity index (χ0n) is 10.5. The third-order valence-corrected chi connectivity index (χ3v) is 3.51. The van der Waals surface area contributed by atoms with Gasteiger partial charge in [-0.2, -0.15) is 0 Å². The average molecular weight is 265 g/mol. The average Bonchev–Trinajstić information content (AvgIpc) is 2.28. The molecule has 0 heterocycles. The lowest BCUT2D eigenvalue weighted by molar-refractivity contribution is -0.140. The van der Waals surface area contributed by atoms with Crippen LogP contribution in [0.1, 0.15) is 31.2 Å². The highest BCUT2D eigenvalue weighted by atomic mass is 19.1. The molecule has 0 bridgehead atoms. The molecule has 1 amide bonds. The Hall–Kier alpha value is -1.91. The Labute approximate surface area is 110 Å². The van der Waals surface area contributed by atoms with Crippen molar-refractivity contribution in [1.82, 2.24) is 5.32 Å². The first-order chi connectivity index (χ1) is 9.01. The normalized spacial score (nSPS) is 16.5. The van der Waals surface area contributed by atoms with Gasteiger partial charge in [-0.15, -0.1) is 0 Å². The molecule has 1 aromatic rings. The fraction of sp³-hybridized carbons (Fsp3) is 0.429. The highest BCUT2D eigenvalue weighted by Gasteiger charge is 2.40. The van der Waals surface area contributed by atoms with Gasteiger partial charge in [-0.05, 0) is 30.9 Å². The van der Waals surface area contributed by atoms with Crippen LogP contribution >= 0.6 is 0 Å². The van der Waals surface area contributed by atoms with Crippen LogP contribution in [0.3, 0.4) is 0 Å². The van der Waals surface area contributed by atoms with E-state index in [2.05, 4.69) is 5.32 Å². The van der Waals surface area contributed by atoms with E-state index in [1.165, 1.54) is 6.07 Å². The zero-order valence-corrected chi connectivity index (χ0v) is 10.5. The topological polar surface area (TPSA) is 66.4 Å². The summed E-state index contributed by atoms with van der Waals surface area (Å²) in [5, 5.41) is 11.6. The third-order valence-electron chi connectivity index (χ3n) is 3.51. The molecule has 2 rings (SSSR count). The predicted molar refractivity (Wildman–Crippen MR) is 67.1 cm³/mol. The van der Waals surface area contributed by atoms with Gasteiger partial charge in [-0.25, -0.2) is 4.39 Å². The maximum Gasteiger partial charge on any atom is 0.305 e. The number of amides is 1. The monoisotopic (exact) mass is 265 g/mol. The molecule has 1 aliphatic rings. The molecule has 0 radical (unpaired) electrons. The minimum Gasteiger partial charge on any atom is -0.481 e. The van der Waals surface area contributed by atoms with Crippen molar-refractivity contribution in [3.63, 3.8) is 0 Å². The molecule has 0 atom stereocenters. The Morgan fingerprint density at radius 2 is 2.00 bits per heavy atom. The molecule has 1 saturated carbocycles. The Morgan fingerprint density at radius 1 is 1.32 bits per heavy atom. The second-order valence-corrected chi connectivity index (χ2v) is 5.02. The predicted octanol–water partition coefficient (Wildman–Crippen LogP) is 1.88. The van der Waals surface area contributed by atoms with Crippen molar-refractivity contribution >= 4 is 11.9 Å². The fourth-order valence-electron chi connectivity index (χ4n) is 2.39. The van der Waals surface area contributed by atoms with E-state index in [4.69, 9.17) is 5.11 Å². The summed E-state index contributed by atoms with van der Waals surface area (Å²) in [5.74, 6) is -1.67. The Balaban J connectivity index is 1.97. The van der Waals surface area contributed by atoms with Crippen molar-refractivity contribution in [3.8, 4) is 0 Å². The molecule has 102 valence electrons. The van der Waals surface area contributed by atoms with Crippen LogP contribution in [0.4, 0.5) is 4.39 Å². The van der Waals surface area contributed by atoms with Gasteiger partial charge < -0.3 is 10.4 Å². The first kappa shape index (κ1) is 13.5. The molecular weight excluding hydrogens is 249 g/mol. The summed E-state index contributed by atoms with van der Waals surface area (Å²) in [4.78, 5) is 22.7. The maximum atomic E-state index is 13.4. The van der Waals surface area contributed by atoms with Crippen LogP contribution in [-0.2, 0) is 16.0 Å².